The van der Waals surface area contributed by atoms with E-state index in [1.807, 2.05) is 30.6 Å². The SMILES string of the molecule is COCCCn1ccnc1NC1CCOc2ccccc21. The molecule has 1 atom stereocenters. The molecule has 1 aromatic carbocycles. The molecule has 1 N–H and O–H groups in total. The Bertz CT molecular complexity index is 582. The van der Waals surface area contributed by atoms with E-state index < -0.39 is 0 Å². The molecule has 3 rings (SSSR count). The summed E-state index contributed by atoms with van der Waals surface area (Å²) in [4.78, 5) is 4.43. The Morgan fingerprint density at radius 1 is 1.43 bits per heavy atom. The fourth-order valence-corrected chi connectivity index (χ4v) is 2.66. The first-order valence-corrected chi connectivity index (χ1v) is 7.37. The third kappa shape index (κ3) is 3.19. The molecular formula is C16H21N3O2. The number of ether oxygens (including phenoxy) is 2. The molecule has 1 aliphatic rings. The van der Waals surface area contributed by atoms with Gasteiger partial charge >= 0.3 is 0 Å². The van der Waals surface area contributed by atoms with E-state index in [0.717, 1.165) is 44.3 Å². The Balaban J connectivity index is 1.72. The number of methoxy groups -OCH3 is 1. The van der Waals surface area contributed by atoms with E-state index >= 15 is 0 Å². The smallest absolute Gasteiger partial charge is 0.203 e. The molecule has 0 aliphatic carbocycles. The Morgan fingerprint density at radius 2 is 2.33 bits per heavy atom. The number of anilines is 1. The van der Waals surface area contributed by atoms with Crippen molar-refractivity contribution in [2.75, 3.05) is 25.6 Å². The van der Waals surface area contributed by atoms with Gasteiger partial charge in [0.15, 0.2) is 0 Å². The van der Waals surface area contributed by atoms with Gasteiger partial charge in [-0.05, 0) is 12.5 Å². The molecule has 0 amide bonds. The van der Waals surface area contributed by atoms with Gasteiger partial charge in [-0.15, -0.1) is 0 Å². The Kier molecular flexibility index (Phi) is 4.40. The molecule has 5 nitrogen and oxygen atoms in total. The average molecular weight is 287 g/mol. The van der Waals surface area contributed by atoms with Gasteiger partial charge in [0.25, 0.3) is 0 Å². The number of para-hydroxylation sites is 1. The molecule has 0 saturated carbocycles. The average Bonchev–Trinajstić information content (AvgIpc) is 2.95. The van der Waals surface area contributed by atoms with Crippen LogP contribution < -0.4 is 10.1 Å². The summed E-state index contributed by atoms with van der Waals surface area (Å²) in [6, 6.07) is 8.44. The molecule has 1 unspecified atom stereocenters. The Morgan fingerprint density at radius 3 is 3.24 bits per heavy atom. The molecule has 0 spiro atoms. The second-order valence-electron chi connectivity index (χ2n) is 5.16. The number of nitrogens with zero attached hydrogens (tertiary/aromatic N) is 2. The van der Waals surface area contributed by atoms with Crippen molar-refractivity contribution >= 4 is 5.95 Å². The number of imidazole rings is 1. The van der Waals surface area contributed by atoms with Crippen LogP contribution in [0.25, 0.3) is 0 Å². The van der Waals surface area contributed by atoms with Crippen molar-refractivity contribution in [2.24, 2.45) is 0 Å². The molecule has 2 heterocycles. The zero-order valence-corrected chi connectivity index (χ0v) is 12.3. The fourth-order valence-electron chi connectivity index (χ4n) is 2.66. The lowest BCUT2D eigenvalue weighted by Gasteiger charge is -2.27. The summed E-state index contributed by atoms with van der Waals surface area (Å²) in [6.45, 7) is 2.40. The summed E-state index contributed by atoms with van der Waals surface area (Å²) < 4.78 is 12.9. The van der Waals surface area contributed by atoms with Crippen LogP contribution in [0.5, 0.6) is 5.75 Å². The first kappa shape index (κ1) is 13.9. The molecule has 1 aromatic heterocycles. The van der Waals surface area contributed by atoms with Gasteiger partial charge in [0.2, 0.25) is 5.95 Å². The van der Waals surface area contributed by atoms with Crippen LogP contribution in [0.4, 0.5) is 5.95 Å². The maximum atomic E-state index is 5.70. The molecular weight excluding hydrogens is 266 g/mol. The van der Waals surface area contributed by atoms with Crippen LogP contribution in [0.2, 0.25) is 0 Å². The van der Waals surface area contributed by atoms with Crippen LogP contribution >= 0.6 is 0 Å². The van der Waals surface area contributed by atoms with Crippen LogP contribution in [0.3, 0.4) is 0 Å². The summed E-state index contributed by atoms with van der Waals surface area (Å²) in [5.41, 5.74) is 1.20. The number of aromatic nitrogens is 2. The summed E-state index contributed by atoms with van der Waals surface area (Å²) in [7, 11) is 1.73. The summed E-state index contributed by atoms with van der Waals surface area (Å²) in [5, 5.41) is 3.54. The first-order chi connectivity index (χ1) is 10.4. The van der Waals surface area contributed by atoms with Crippen LogP contribution in [-0.4, -0.2) is 29.9 Å². The van der Waals surface area contributed by atoms with Gasteiger partial charge in [0, 0.05) is 44.6 Å². The van der Waals surface area contributed by atoms with Gasteiger partial charge in [-0.3, -0.25) is 0 Å². The lowest BCUT2D eigenvalue weighted by atomic mass is 10.0. The van der Waals surface area contributed by atoms with Gasteiger partial charge in [-0.2, -0.15) is 0 Å². The summed E-state index contributed by atoms with van der Waals surface area (Å²) in [5.74, 6) is 1.88. The zero-order valence-electron chi connectivity index (χ0n) is 12.3. The molecule has 21 heavy (non-hydrogen) atoms. The fraction of sp³-hybridized carbons (Fsp3) is 0.438. The van der Waals surface area contributed by atoms with E-state index in [1.54, 1.807) is 7.11 Å². The van der Waals surface area contributed by atoms with Gasteiger partial charge < -0.3 is 19.4 Å². The molecule has 0 bridgehead atoms. The molecule has 0 fully saturated rings. The van der Waals surface area contributed by atoms with Crippen LogP contribution in [0.1, 0.15) is 24.4 Å². The second-order valence-corrected chi connectivity index (χ2v) is 5.16. The number of hydrogen-bond donors (Lipinski definition) is 1. The van der Waals surface area contributed by atoms with Crippen molar-refractivity contribution in [3.8, 4) is 5.75 Å². The highest BCUT2D eigenvalue weighted by Gasteiger charge is 2.21. The highest BCUT2D eigenvalue weighted by molar-refractivity contribution is 5.42. The number of rotatable bonds is 6. The molecule has 0 saturated heterocycles. The topological polar surface area (TPSA) is 48.3 Å². The highest BCUT2D eigenvalue weighted by Crippen LogP contribution is 2.33. The minimum Gasteiger partial charge on any atom is -0.493 e. The first-order valence-electron chi connectivity index (χ1n) is 7.37. The van der Waals surface area contributed by atoms with E-state index in [-0.39, 0.29) is 6.04 Å². The van der Waals surface area contributed by atoms with Crippen molar-refractivity contribution in [2.45, 2.75) is 25.4 Å². The van der Waals surface area contributed by atoms with E-state index in [1.165, 1.54) is 5.56 Å². The van der Waals surface area contributed by atoms with Crippen molar-refractivity contribution in [1.29, 1.82) is 0 Å². The molecule has 2 aromatic rings. The van der Waals surface area contributed by atoms with Gasteiger partial charge in [0.05, 0.1) is 12.6 Å². The van der Waals surface area contributed by atoms with E-state index in [9.17, 15) is 0 Å². The standard InChI is InChI=1S/C16H21N3O2/c1-20-11-4-9-19-10-8-17-16(19)18-14-7-12-21-15-6-3-2-5-13(14)15/h2-3,5-6,8,10,14H,4,7,9,11-12H2,1H3,(H,17,18). The minimum atomic E-state index is 0.249. The predicted octanol–water partition coefficient (Wildman–Crippen LogP) is 2.86. The van der Waals surface area contributed by atoms with Crippen molar-refractivity contribution in [1.82, 2.24) is 9.55 Å². The van der Waals surface area contributed by atoms with E-state index in [0.29, 0.717) is 0 Å². The van der Waals surface area contributed by atoms with Crippen molar-refractivity contribution in [3.63, 3.8) is 0 Å². The molecule has 5 heteroatoms. The lowest BCUT2D eigenvalue weighted by Crippen LogP contribution is -2.22. The van der Waals surface area contributed by atoms with Crippen LogP contribution in [0.15, 0.2) is 36.7 Å². The quantitative estimate of drug-likeness (QED) is 0.830. The lowest BCUT2D eigenvalue weighted by molar-refractivity contribution is 0.190. The molecule has 1 aliphatic heterocycles. The summed E-state index contributed by atoms with van der Waals surface area (Å²) in [6.07, 6.45) is 5.76. The Hall–Kier alpha value is -2.01. The largest absolute Gasteiger partial charge is 0.493 e. The maximum Gasteiger partial charge on any atom is 0.203 e. The third-order valence-electron chi connectivity index (χ3n) is 3.72. The monoisotopic (exact) mass is 287 g/mol. The normalized spacial score (nSPS) is 17.1. The van der Waals surface area contributed by atoms with Gasteiger partial charge in [-0.25, -0.2) is 4.98 Å². The van der Waals surface area contributed by atoms with Crippen molar-refractivity contribution in [3.05, 3.63) is 42.2 Å². The molecule has 0 radical (unpaired) electrons. The maximum absolute atomic E-state index is 5.70. The number of aryl methyl sites for hydroxylation is 1. The van der Waals surface area contributed by atoms with Crippen LogP contribution in [-0.2, 0) is 11.3 Å². The van der Waals surface area contributed by atoms with E-state index in [2.05, 4.69) is 20.9 Å². The van der Waals surface area contributed by atoms with Crippen molar-refractivity contribution < 1.29 is 9.47 Å². The minimum absolute atomic E-state index is 0.249. The van der Waals surface area contributed by atoms with Gasteiger partial charge in [0.1, 0.15) is 5.75 Å². The molecule has 112 valence electrons. The number of benzene rings is 1. The number of hydrogen-bond acceptors (Lipinski definition) is 4. The zero-order chi connectivity index (χ0) is 14.5. The Labute approximate surface area is 124 Å². The van der Waals surface area contributed by atoms with Gasteiger partial charge in [-0.1, -0.05) is 18.2 Å². The number of fused-ring (bicyclic) bond motifs is 1. The van der Waals surface area contributed by atoms with E-state index in [4.69, 9.17) is 9.47 Å². The highest BCUT2D eigenvalue weighted by atomic mass is 16.5. The number of nitrogens with one attached hydrogen (secondary N) is 1. The van der Waals surface area contributed by atoms with Crippen LogP contribution in [0, 0.1) is 0 Å². The second kappa shape index (κ2) is 6.63. The third-order valence-corrected chi connectivity index (χ3v) is 3.72. The predicted molar refractivity (Wildman–Crippen MR) is 81.6 cm³/mol. The summed E-state index contributed by atoms with van der Waals surface area (Å²) >= 11 is 0.